The number of carbonyl (C=O) groups excluding carboxylic acids is 1. The fourth-order valence-corrected chi connectivity index (χ4v) is 3.21. The number of rotatable bonds is 3. The van der Waals surface area contributed by atoms with E-state index < -0.39 is 0 Å². The van der Waals surface area contributed by atoms with Crippen LogP contribution in [-0.4, -0.2) is 23.5 Å². The molecule has 0 bridgehead atoms. The van der Waals surface area contributed by atoms with Gasteiger partial charge in [-0.15, -0.1) is 0 Å². The second-order valence-electron chi connectivity index (χ2n) is 3.89. The summed E-state index contributed by atoms with van der Waals surface area (Å²) in [5.74, 6) is -0.135. The Morgan fingerprint density at radius 1 is 1.62 bits per heavy atom. The van der Waals surface area contributed by atoms with E-state index in [1.807, 2.05) is 11.8 Å². The Kier molecular flexibility index (Phi) is 3.82. The van der Waals surface area contributed by atoms with Crippen molar-refractivity contribution in [1.29, 1.82) is 0 Å². The topological polar surface area (TPSA) is 42.2 Å². The summed E-state index contributed by atoms with van der Waals surface area (Å²) in [6.45, 7) is 0. The van der Waals surface area contributed by atoms with E-state index in [2.05, 4.69) is 11.6 Å². The molecule has 0 radical (unpaired) electrons. The van der Waals surface area contributed by atoms with Crippen LogP contribution in [0, 0.1) is 0 Å². The molecule has 0 saturated heterocycles. The zero-order valence-electron chi connectivity index (χ0n) is 9.03. The fourth-order valence-electron chi connectivity index (χ4n) is 2.08. The van der Waals surface area contributed by atoms with Crippen molar-refractivity contribution in [2.24, 2.45) is 0 Å². The van der Waals surface area contributed by atoms with Crippen molar-refractivity contribution >= 4 is 29.3 Å². The van der Waals surface area contributed by atoms with E-state index in [1.165, 1.54) is 19.1 Å². The van der Waals surface area contributed by atoms with E-state index in [9.17, 15) is 4.79 Å². The van der Waals surface area contributed by atoms with Gasteiger partial charge in [-0.3, -0.25) is 4.79 Å². The van der Waals surface area contributed by atoms with Gasteiger partial charge in [0.05, 0.1) is 11.8 Å². The third-order valence-electron chi connectivity index (χ3n) is 2.93. The Labute approximate surface area is 104 Å². The van der Waals surface area contributed by atoms with Gasteiger partial charge in [0.2, 0.25) is 5.22 Å². The Morgan fingerprint density at radius 2 is 2.44 bits per heavy atom. The van der Waals surface area contributed by atoms with Crippen molar-refractivity contribution in [2.45, 2.75) is 30.6 Å². The zero-order chi connectivity index (χ0) is 11.5. The number of carbonyl (C=O) groups is 1. The standard InChI is InChI=1S/C11H14ClNO2S/c1-16-9-4-2-3-8(9)13-11(14)7-5-6-15-10(7)12/h5-6,8-9H,2-4H2,1H3,(H,13,14). The van der Waals surface area contributed by atoms with E-state index in [-0.39, 0.29) is 17.2 Å². The smallest absolute Gasteiger partial charge is 0.256 e. The highest BCUT2D eigenvalue weighted by atomic mass is 35.5. The van der Waals surface area contributed by atoms with Gasteiger partial charge in [0, 0.05) is 11.3 Å². The van der Waals surface area contributed by atoms with Gasteiger partial charge in [-0.1, -0.05) is 6.42 Å². The Hall–Kier alpha value is -0.610. The maximum Gasteiger partial charge on any atom is 0.256 e. The number of amides is 1. The molecule has 1 N–H and O–H groups in total. The number of hydrogen-bond donors (Lipinski definition) is 1. The summed E-state index contributed by atoms with van der Waals surface area (Å²) in [5.41, 5.74) is 0.424. The second kappa shape index (κ2) is 5.15. The Morgan fingerprint density at radius 3 is 3.06 bits per heavy atom. The molecule has 1 saturated carbocycles. The molecule has 2 rings (SSSR count). The molecule has 0 aliphatic heterocycles. The van der Waals surface area contributed by atoms with Crippen molar-refractivity contribution in [1.82, 2.24) is 5.32 Å². The minimum atomic E-state index is -0.135. The van der Waals surface area contributed by atoms with E-state index in [0.29, 0.717) is 10.8 Å². The Balaban J connectivity index is 2.00. The van der Waals surface area contributed by atoms with Crippen LogP contribution in [0.1, 0.15) is 29.6 Å². The molecule has 0 spiro atoms. The number of furan rings is 1. The molecule has 5 heteroatoms. The van der Waals surface area contributed by atoms with E-state index >= 15 is 0 Å². The average molecular weight is 260 g/mol. The van der Waals surface area contributed by atoms with Crippen LogP contribution >= 0.6 is 23.4 Å². The lowest BCUT2D eigenvalue weighted by Crippen LogP contribution is -2.38. The fraction of sp³-hybridized carbons (Fsp3) is 0.545. The molecule has 0 aromatic carbocycles. The maximum atomic E-state index is 11.9. The molecule has 1 amide bonds. The van der Waals surface area contributed by atoms with Crippen LogP contribution in [0.5, 0.6) is 0 Å². The molecule has 16 heavy (non-hydrogen) atoms. The van der Waals surface area contributed by atoms with E-state index in [1.54, 1.807) is 6.07 Å². The van der Waals surface area contributed by atoms with Gasteiger partial charge in [-0.2, -0.15) is 11.8 Å². The van der Waals surface area contributed by atoms with Gasteiger partial charge in [-0.25, -0.2) is 0 Å². The molecule has 3 nitrogen and oxygen atoms in total. The highest BCUT2D eigenvalue weighted by molar-refractivity contribution is 7.99. The second-order valence-corrected chi connectivity index (χ2v) is 5.31. The molecule has 1 aromatic heterocycles. The van der Waals surface area contributed by atoms with Crippen LogP contribution in [0.25, 0.3) is 0 Å². The van der Waals surface area contributed by atoms with Crippen LogP contribution in [0.2, 0.25) is 5.22 Å². The van der Waals surface area contributed by atoms with Gasteiger partial charge < -0.3 is 9.73 Å². The largest absolute Gasteiger partial charge is 0.452 e. The lowest BCUT2D eigenvalue weighted by atomic mass is 10.2. The molecule has 1 fully saturated rings. The predicted octanol–water partition coefficient (Wildman–Crippen LogP) is 2.95. The van der Waals surface area contributed by atoms with Gasteiger partial charge >= 0.3 is 0 Å². The number of thioether (sulfide) groups is 1. The van der Waals surface area contributed by atoms with Gasteiger partial charge in [0.25, 0.3) is 5.91 Å². The minimum absolute atomic E-state index is 0.135. The summed E-state index contributed by atoms with van der Waals surface area (Å²) < 4.78 is 4.90. The van der Waals surface area contributed by atoms with Crippen molar-refractivity contribution in [3.63, 3.8) is 0 Å². The van der Waals surface area contributed by atoms with Crippen LogP contribution in [0.3, 0.4) is 0 Å². The first-order valence-electron chi connectivity index (χ1n) is 5.29. The predicted molar refractivity (Wildman–Crippen MR) is 66.1 cm³/mol. The zero-order valence-corrected chi connectivity index (χ0v) is 10.6. The summed E-state index contributed by atoms with van der Waals surface area (Å²) in [7, 11) is 0. The maximum absolute atomic E-state index is 11.9. The number of hydrogen-bond acceptors (Lipinski definition) is 3. The first kappa shape index (κ1) is 11.9. The van der Waals surface area contributed by atoms with E-state index in [0.717, 1.165) is 6.42 Å². The average Bonchev–Trinajstić information content (AvgIpc) is 2.86. The molecular weight excluding hydrogens is 246 g/mol. The lowest BCUT2D eigenvalue weighted by molar-refractivity contribution is 0.0938. The van der Waals surface area contributed by atoms with Crippen molar-refractivity contribution in [3.05, 3.63) is 23.1 Å². The highest BCUT2D eigenvalue weighted by Crippen LogP contribution is 2.29. The van der Waals surface area contributed by atoms with Gasteiger partial charge in [-0.05, 0) is 36.8 Å². The summed E-state index contributed by atoms with van der Waals surface area (Å²) in [5, 5.41) is 3.70. The molecule has 1 aromatic rings. The molecule has 2 unspecified atom stereocenters. The molecule has 1 heterocycles. The van der Waals surface area contributed by atoms with Crippen LogP contribution < -0.4 is 5.32 Å². The van der Waals surface area contributed by atoms with Crippen molar-refractivity contribution < 1.29 is 9.21 Å². The highest BCUT2D eigenvalue weighted by Gasteiger charge is 2.28. The molecule has 88 valence electrons. The first-order valence-corrected chi connectivity index (χ1v) is 6.95. The quantitative estimate of drug-likeness (QED) is 0.908. The summed E-state index contributed by atoms with van der Waals surface area (Å²) in [6.07, 6.45) is 6.91. The van der Waals surface area contributed by atoms with Gasteiger partial charge in [0.1, 0.15) is 0 Å². The van der Waals surface area contributed by atoms with Crippen LogP contribution in [0.15, 0.2) is 16.7 Å². The van der Waals surface area contributed by atoms with E-state index in [4.69, 9.17) is 16.0 Å². The first-order chi connectivity index (χ1) is 7.72. The number of halogens is 1. The monoisotopic (exact) mass is 259 g/mol. The van der Waals surface area contributed by atoms with Crippen LogP contribution in [0.4, 0.5) is 0 Å². The van der Waals surface area contributed by atoms with Crippen LogP contribution in [-0.2, 0) is 0 Å². The lowest BCUT2D eigenvalue weighted by Gasteiger charge is -2.18. The molecule has 2 atom stereocenters. The summed E-state index contributed by atoms with van der Waals surface area (Å²) in [4.78, 5) is 11.9. The SMILES string of the molecule is CSC1CCCC1NC(=O)c1ccoc1Cl. The van der Waals surface area contributed by atoms with Crippen molar-refractivity contribution in [3.8, 4) is 0 Å². The number of nitrogens with one attached hydrogen (secondary N) is 1. The summed E-state index contributed by atoms with van der Waals surface area (Å²) >= 11 is 7.57. The summed E-state index contributed by atoms with van der Waals surface area (Å²) in [6, 6.07) is 1.86. The molecule has 1 aliphatic carbocycles. The van der Waals surface area contributed by atoms with Crippen molar-refractivity contribution in [2.75, 3.05) is 6.26 Å². The molecule has 1 aliphatic rings. The normalized spacial score (nSPS) is 24.6. The Bertz CT molecular complexity index is 380. The van der Waals surface area contributed by atoms with Gasteiger partial charge in [0.15, 0.2) is 0 Å². The third-order valence-corrected chi connectivity index (χ3v) is 4.40. The molecular formula is C11H14ClNO2S. The third kappa shape index (κ3) is 2.38. The minimum Gasteiger partial charge on any atom is -0.452 e.